The van der Waals surface area contributed by atoms with Gasteiger partial charge in [-0.1, -0.05) is 29.4 Å². The normalized spacial score (nSPS) is 10.5. The van der Waals surface area contributed by atoms with E-state index in [4.69, 9.17) is 16.3 Å². The largest absolute Gasteiger partial charge is 0.495 e. The highest BCUT2D eigenvalue weighted by atomic mass is 35.5. The first-order valence-electron chi connectivity index (χ1n) is 8.08. The average molecular weight is 401 g/mol. The number of pyridine rings is 1. The van der Waals surface area contributed by atoms with Crippen molar-refractivity contribution in [3.63, 3.8) is 0 Å². The number of methoxy groups -OCH3 is 1. The Labute approximate surface area is 166 Å². The van der Waals surface area contributed by atoms with Crippen LogP contribution in [-0.4, -0.2) is 33.7 Å². The van der Waals surface area contributed by atoms with E-state index in [1.807, 2.05) is 31.2 Å². The predicted octanol–water partition coefficient (Wildman–Crippen LogP) is 4.24. The number of anilines is 1. The Bertz CT molecular complexity index is 954. The zero-order valence-electron chi connectivity index (χ0n) is 14.8. The number of hydrogen-bond donors (Lipinski definition) is 1. The maximum absolute atomic E-state index is 12.3. The summed E-state index contributed by atoms with van der Waals surface area (Å²) in [7, 11) is 1.54. The molecular formula is C19H17ClN4O2S. The van der Waals surface area contributed by atoms with E-state index in [-0.39, 0.29) is 11.7 Å². The molecule has 0 saturated heterocycles. The molecule has 3 aromatic rings. The minimum atomic E-state index is -0.184. The van der Waals surface area contributed by atoms with Crippen molar-refractivity contribution in [2.75, 3.05) is 18.2 Å². The van der Waals surface area contributed by atoms with Crippen LogP contribution in [0.4, 0.5) is 5.69 Å². The van der Waals surface area contributed by atoms with Crippen molar-refractivity contribution in [1.82, 2.24) is 15.0 Å². The van der Waals surface area contributed by atoms with Gasteiger partial charge in [-0.25, -0.2) is 9.97 Å². The monoisotopic (exact) mass is 400 g/mol. The van der Waals surface area contributed by atoms with Crippen molar-refractivity contribution in [2.24, 2.45) is 0 Å². The van der Waals surface area contributed by atoms with E-state index in [0.717, 1.165) is 11.4 Å². The first-order chi connectivity index (χ1) is 13.0. The quantitative estimate of drug-likeness (QED) is 0.492. The fourth-order valence-corrected chi connectivity index (χ4v) is 3.28. The Hall–Kier alpha value is -2.64. The van der Waals surface area contributed by atoms with E-state index in [2.05, 4.69) is 20.3 Å². The molecule has 0 radical (unpaired) electrons. The Kier molecular flexibility index (Phi) is 6.26. The number of nitrogens with zero attached hydrogens (tertiary/aromatic N) is 3. The van der Waals surface area contributed by atoms with Crippen LogP contribution in [-0.2, 0) is 4.79 Å². The van der Waals surface area contributed by atoms with Crippen LogP contribution < -0.4 is 10.1 Å². The van der Waals surface area contributed by atoms with Gasteiger partial charge < -0.3 is 10.1 Å². The number of aromatic nitrogens is 3. The minimum absolute atomic E-state index is 0.184. The molecule has 0 fully saturated rings. The van der Waals surface area contributed by atoms with Gasteiger partial charge >= 0.3 is 0 Å². The lowest BCUT2D eigenvalue weighted by molar-refractivity contribution is -0.113. The Balaban J connectivity index is 1.69. The number of amides is 1. The maximum atomic E-state index is 12.3. The number of nitrogens with one attached hydrogen (secondary N) is 1. The summed E-state index contributed by atoms with van der Waals surface area (Å²) in [4.78, 5) is 25.4. The Morgan fingerprint density at radius 1 is 1.19 bits per heavy atom. The molecule has 8 heteroatoms. The molecule has 0 aliphatic rings. The predicted molar refractivity (Wildman–Crippen MR) is 107 cm³/mol. The number of carbonyl (C=O) groups excluding carboxylic acids is 1. The SMILES string of the molecule is COc1ccc(Cl)cc1NC(=O)CSc1cc(-c2ccccn2)nc(C)n1. The second-order valence-electron chi connectivity index (χ2n) is 5.54. The van der Waals surface area contributed by atoms with Crippen LogP contribution in [0.25, 0.3) is 11.4 Å². The zero-order valence-corrected chi connectivity index (χ0v) is 16.3. The molecule has 3 rings (SSSR count). The molecule has 0 bridgehead atoms. The molecular weight excluding hydrogens is 384 g/mol. The van der Waals surface area contributed by atoms with Crippen molar-refractivity contribution >= 4 is 35.0 Å². The second-order valence-corrected chi connectivity index (χ2v) is 6.97. The maximum Gasteiger partial charge on any atom is 0.234 e. The van der Waals surface area contributed by atoms with Crippen molar-refractivity contribution < 1.29 is 9.53 Å². The van der Waals surface area contributed by atoms with Gasteiger partial charge in [0.05, 0.1) is 29.9 Å². The van der Waals surface area contributed by atoms with Crippen LogP contribution in [0.15, 0.2) is 53.7 Å². The van der Waals surface area contributed by atoms with Gasteiger partial charge in [0.25, 0.3) is 0 Å². The van der Waals surface area contributed by atoms with Crippen molar-refractivity contribution in [1.29, 1.82) is 0 Å². The summed E-state index contributed by atoms with van der Waals surface area (Å²) < 4.78 is 5.24. The summed E-state index contributed by atoms with van der Waals surface area (Å²) in [6.45, 7) is 1.81. The Morgan fingerprint density at radius 2 is 2.04 bits per heavy atom. The van der Waals surface area contributed by atoms with Crippen molar-refractivity contribution in [2.45, 2.75) is 11.9 Å². The highest BCUT2D eigenvalue weighted by molar-refractivity contribution is 7.99. The summed E-state index contributed by atoms with van der Waals surface area (Å²) in [5.41, 5.74) is 2.02. The number of rotatable bonds is 6. The highest BCUT2D eigenvalue weighted by Gasteiger charge is 2.11. The second kappa shape index (κ2) is 8.83. The third-order valence-corrected chi connectivity index (χ3v) is 4.68. The van der Waals surface area contributed by atoms with Crippen LogP contribution in [0.1, 0.15) is 5.82 Å². The third-order valence-electron chi connectivity index (χ3n) is 3.53. The molecule has 0 saturated carbocycles. The van der Waals surface area contributed by atoms with Crippen molar-refractivity contribution in [3.05, 3.63) is 59.5 Å². The molecule has 0 spiro atoms. The first kappa shape index (κ1) is 19.1. The van der Waals surface area contributed by atoms with Gasteiger partial charge in [-0.2, -0.15) is 0 Å². The highest BCUT2D eigenvalue weighted by Crippen LogP contribution is 2.28. The molecule has 6 nitrogen and oxygen atoms in total. The number of benzene rings is 1. The summed E-state index contributed by atoms with van der Waals surface area (Å²) >= 11 is 7.31. The lowest BCUT2D eigenvalue weighted by atomic mass is 10.2. The average Bonchev–Trinajstić information content (AvgIpc) is 2.67. The number of ether oxygens (including phenoxy) is 1. The molecule has 1 aromatic carbocycles. The number of thioether (sulfide) groups is 1. The molecule has 138 valence electrons. The summed E-state index contributed by atoms with van der Waals surface area (Å²) in [6.07, 6.45) is 1.71. The van der Waals surface area contributed by atoms with Gasteiger partial charge in [-0.3, -0.25) is 9.78 Å². The van der Waals surface area contributed by atoms with Gasteiger partial charge in [0.15, 0.2) is 0 Å². The molecule has 0 atom stereocenters. The minimum Gasteiger partial charge on any atom is -0.495 e. The van der Waals surface area contributed by atoms with Crippen LogP contribution in [0.5, 0.6) is 5.75 Å². The molecule has 1 N–H and O–H groups in total. The first-order valence-corrected chi connectivity index (χ1v) is 9.45. The fraction of sp³-hybridized carbons (Fsp3) is 0.158. The van der Waals surface area contributed by atoms with Crippen LogP contribution >= 0.6 is 23.4 Å². The van der Waals surface area contributed by atoms with Gasteiger partial charge in [-0.05, 0) is 43.3 Å². The van der Waals surface area contributed by atoms with E-state index < -0.39 is 0 Å². The van der Waals surface area contributed by atoms with E-state index in [1.54, 1.807) is 24.4 Å². The number of aryl methyl sites for hydroxylation is 1. The third kappa shape index (κ3) is 5.18. The molecule has 0 aliphatic carbocycles. The van der Waals surface area contributed by atoms with E-state index in [9.17, 15) is 4.79 Å². The van der Waals surface area contributed by atoms with Crippen molar-refractivity contribution in [3.8, 4) is 17.1 Å². The molecule has 0 unspecified atom stereocenters. The van der Waals surface area contributed by atoms with Gasteiger partial charge in [-0.15, -0.1) is 0 Å². The molecule has 1 amide bonds. The van der Waals surface area contributed by atoms with E-state index in [1.165, 1.54) is 18.9 Å². The molecule has 0 aliphatic heterocycles. The van der Waals surface area contributed by atoms with Crippen LogP contribution in [0.3, 0.4) is 0 Å². The number of hydrogen-bond acceptors (Lipinski definition) is 6. The van der Waals surface area contributed by atoms with Gasteiger partial charge in [0.1, 0.15) is 16.6 Å². The summed E-state index contributed by atoms with van der Waals surface area (Å²) in [5.74, 6) is 1.18. The zero-order chi connectivity index (χ0) is 19.2. The number of carbonyl (C=O) groups is 1. The lowest BCUT2D eigenvalue weighted by Crippen LogP contribution is -2.15. The smallest absolute Gasteiger partial charge is 0.234 e. The van der Waals surface area contributed by atoms with Gasteiger partial charge in [0, 0.05) is 11.2 Å². The fourth-order valence-electron chi connectivity index (χ4n) is 2.36. The van der Waals surface area contributed by atoms with Gasteiger partial charge in [0.2, 0.25) is 5.91 Å². The summed E-state index contributed by atoms with van der Waals surface area (Å²) in [6, 6.07) is 12.5. The van der Waals surface area contributed by atoms with Crippen LogP contribution in [0, 0.1) is 6.92 Å². The lowest BCUT2D eigenvalue weighted by Gasteiger charge is -2.10. The van der Waals surface area contributed by atoms with Crippen LogP contribution in [0.2, 0.25) is 5.02 Å². The number of halogens is 1. The molecule has 27 heavy (non-hydrogen) atoms. The van der Waals surface area contributed by atoms with E-state index >= 15 is 0 Å². The van der Waals surface area contributed by atoms with E-state index in [0.29, 0.717) is 27.3 Å². The topological polar surface area (TPSA) is 77.0 Å². The summed E-state index contributed by atoms with van der Waals surface area (Å²) in [5, 5.41) is 4.03. The molecule has 2 heterocycles. The molecule has 2 aromatic heterocycles. The standard InChI is InChI=1S/C19H17ClN4O2S/c1-12-22-15(14-5-3-4-8-21-14)10-19(23-12)27-11-18(25)24-16-9-13(20)6-7-17(16)26-2/h3-10H,11H2,1-2H3,(H,24,25). The Morgan fingerprint density at radius 3 is 2.78 bits per heavy atom.